The minimum Gasteiger partial charge on any atom is -0.369 e. The van der Waals surface area contributed by atoms with E-state index >= 15 is 0 Å². The monoisotopic (exact) mass is 485 g/mol. The Kier molecular flexibility index (Phi) is 12.9. The maximum absolute atomic E-state index is 11.2. The molecule has 1 heterocycles. The Bertz CT molecular complexity index is 412. The van der Waals surface area contributed by atoms with Crippen LogP contribution in [0.5, 0.6) is 0 Å². The van der Waals surface area contributed by atoms with E-state index < -0.39 is 0 Å². The first-order valence-corrected chi connectivity index (χ1v) is 10.1. The summed E-state index contributed by atoms with van der Waals surface area (Å²) in [4.78, 5) is 17.9. The van der Waals surface area contributed by atoms with Gasteiger partial charge in [0.05, 0.1) is 0 Å². The van der Waals surface area contributed by atoms with Crippen LogP contribution in [0.3, 0.4) is 0 Å². The number of rotatable bonds is 9. The fourth-order valence-electron chi connectivity index (χ4n) is 2.70. The van der Waals surface area contributed by atoms with Crippen LogP contribution in [0.25, 0.3) is 0 Å². The predicted octanol–water partition coefficient (Wildman–Crippen LogP) is 1.89. The van der Waals surface area contributed by atoms with E-state index in [-0.39, 0.29) is 40.5 Å². The average Bonchev–Trinajstić information content (AvgIpc) is 2.57. The number of hydrogen-bond donors (Lipinski definition) is 3. The molecule has 0 aromatic heterocycles. The zero-order valence-corrected chi connectivity index (χ0v) is 19.3. The number of nitrogens with one attached hydrogen (secondary N) is 2. The Morgan fingerprint density at radius 1 is 1.28 bits per heavy atom. The van der Waals surface area contributed by atoms with Gasteiger partial charge < -0.3 is 21.3 Å². The van der Waals surface area contributed by atoms with Gasteiger partial charge in [0.1, 0.15) is 0 Å². The zero-order valence-electron chi connectivity index (χ0n) is 16.1. The quantitative estimate of drug-likeness (QED) is 0.201. The van der Waals surface area contributed by atoms with E-state index in [1.807, 2.05) is 18.8 Å². The van der Waals surface area contributed by atoms with Gasteiger partial charge in [-0.05, 0) is 65.4 Å². The molecule has 1 fully saturated rings. The van der Waals surface area contributed by atoms with Crippen LogP contribution in [-0.2, 0) is 4.79 Å². The third-order valence-electron chi connectivity index (χ3n) is 4.64. The van der Waals surface area contributed by atoms with Gasteiger partial charge in [0.2, 0.25) is 5.91 Å². The number of carbonyl (C=O) groups excluding carboxylic acids is 1. The second-order valence-electron chi connectivity index (χ2n) is 7.04. The van der Waals surface area contributed by atoms with E-state index in [1.54, 1.807) is 0 Å². The van der Waals surface area contributed by atoms with Gasteiger partial charge in [0, 0.05) is 30.8 Å². The molecular weight excluding hydrogens is 449 g/mol. The van der Waals surface area contributed by atoms with E-state index in [0.29, 0.717) is 0 Å². The Morgan fingerprint density at radius 3 is 2.44 bits per heavy atom. The van der Waals surface area contributed by atoms with Crippen molar-refractivity contribution < 1.29 is 4.79 Å². The zero-order chi connectivity index (χ0) is 18.0. The van der Waals surface area contributed by atoms with Gasteiger partial charge in [-0.3, -0.25) is 9.79 Å². The highest BCUT2D eigenvalue weighted by atomic mass is 127. The van der Waals surface area contributed by atoms with E-state index in [4.69, 9.17) is 5.73 Å². The molecule has 0 radical (unpaired) electrons. The lowest BCUT2D eigenvalue weighted by atomic mass is 9.96. The van der Waals surface area contributed by atoms with E-state index in [0.717, 1.165) is 64.4 Å². The van der Waals surface area contributed by atoms with Crippen molar-refractivity contribution in [3.05, 3.63) is 0 Å². The van der Waals surface area contributed by atoms with Crippen LogP contribution in [0.15, 0.2) is 4.99 Å². The molecule has 0 atom stereocenters. The number of carbonyl (C=O) groups is 1. The number of halogens is 1. The number of aliphatic imine (C=N–C) groups is 1. The predicted molar refractivity (Wildman–Crippen MR) is 120 cm³/mol. The highest BCUT2D eigenvalue weighted by Gasteiger charge is 2.22. The lowest BCUT2D eigenvalue weighted by Crippen LogP contribution is -2.43. The van der Waals surface area contributed by atoms with Crippen molar-refractivity contribution in [2.75, 3.05) is 46.0 Å². The van der Waals surface area contributed by atoms with Crippen molar-refractivity contribution in [1.82, 2.24) is 15.5 Å². The number of guanidine groups is 1. The number of amides is 1. The van der Waals surface area contributed by atoms with Crippen LogP contribution in [0.4, 0.5) is 0 Å². The number of primary amides is 1. The van der Waals surface area contributed by atoms with Crippen LogP contribution in [0, 0.1) is 5.92 Å². The van der Waals surface area contributed by atoms with E-state index in [2.05, 4.69) is 40.6 Å². The lowest BCUT2D eigenvalue weighted by molar-refractivity contribution is -0.123. The van der Waals surface area contributed by atoms with Crippen molar-refractivity contribution >= 4 is 47.6 Å². The Morgan fingerprint density at radius 2 is 1.92 bits per heavy atom. The summed E-state index contributed by atoms with van der Waals surface area (Å²) in [7, 11) is 1.81. The highest BCUT2D eigenvalue weighted by molar-refractivity contribution is 14.0. The number of likely N-dealkylation sites (tertiary alicyclic amines) is 1. The fourth-order valence-corrected chi connectivity index (χ4v) is 2.91. The molecule has 1 aliphatic rings. The lowest BCUT2D eigenvalue weighted by Gasteiger charge is -2.30. The molecule has 0 aliphatic carbocycles. The summed E-state index contributed by atoms with van der Waals surface area (Å²) in [6, 6.07) is 0. The normalized spacial score (nSPS) is 17.0. The maximum atomic E-state index is 11.2. The molecule has 1 aliphatic heterocycles. The molecule has 0 aromatic rings. The van der Waals surface area contributed by atoms with Crippen LogP contribution in [-0.4, -0.2) is 67.5 Å². The first-order chi connectivity index (χ1) is 11.4. The summed E-state index contributed by atoms with van der Waals surface area (Å²) in [5, 5.41) is 6.76. The van der Waals surface area contributed by atoms with Crippen LogP contribution < -0.4 is 16.4 Å². The van der Waals surface area contributed by atoms with Crippen LogP contribution in [0.2, 0.25) is 0 Å². The smallest absolute Gasteiger partial charge is 0.220 e. The highest BCUT2D eigenvalue weighted by Crippen LogP contribution is 2.19. The largest absolute Gasteiger partial charge is 0.369 e. The van der Waals surface area contributed by atoms with E-state index in [1.165, 1.54) is 0 Å². The standard InChI is InChI=1S/C17H35N5OS.HI/c1-17(2,24-4)13-21-16(19-3)20-9-5-6-10-22-11-7-14(8-12-22)15(18)23;/h14H,5-13H2,1-4H3,(H2,18,23)(H2,19,20,21);1H. The molecular formula is C17H36IN5OS. The number of nitrogens with two attached hydrogens (primary N) is 1. The third-order valence-corrected chi connectivity index (χ3v) is 5.89. The fraction of sp³-hybridized carbons (Fsp3) is 0.882. The SMILES string of the molecule is CN=C(NCCCCN1CCC(C(N)=O)CC1)NCC(C)(C)SC.I. The van der Waals surface area contributed by atoms with Gasteiger partial charge in [-0.15, -0.1) is 24.0 Å². The minimum atomic E-state index is -0.137. The Balaban J connectivity index is 0.00000576. The number of unbranched alkanes of at least 4 members (excludes halogenated alkanes) is 1. The van der Waals surface area contributed by atoms with Gasteiger partial charge in [0.25, 0.3) is 0 Å². The minimum absolute atomic E-state index is 0. The molecule has 1 saturated heterocycles. The number of piperidine rings is 1. The van der Waals surface area contributed by atoms with Gasteiger partial charge in [-0.25, -0.2) is 0 Å². The molecule has 148 valence electrons. The second-order valence-corrected chi connectivity index (χ2v) is 8.56. The van der Waals surface area contributed by atoms with E-state index in [9.17, 15) is 4.79 Å². The van der Waals surface area contributed by atoms with Gasteiger partial charge in [-0.2, -0.15) is 11.8 Å². The first kappa shape index (κ1) is 24.8. The van der Waals surface area contributed by atoms with Crippen molar-refractivity contribution in [2.45, 2.75) is 44.3 Å². The molecule has 0 spiro atoms. The molecule has 0 bridgehead atoms. The summed E-state index contributed by atoms with van der Waals surface area (Å²) in [6.07, 6.45) is 6.22. The van der Waals surface area contributed by atoms with Crippen LogP contribution >= 0.6 is 35.7 Å². The van der Waals surface area contributed by atoms with Crippen LogP contribution in [0.1, 0.15) is 39.5 Å². The summed E-state index contributed by atoms with van der Waals surface area (Å²) >= 11 is 1.85. The van der Waals surface area contributed by atoms with Crippen molar-refractivity contribution in [3.63, 3.8) is 0 Å². The number of nitrogens with zero attached hydrogens (tertiary/aromatic N) is 2. The molecule has 25 heavy (non-hydrogen) atoms. The van der Waals surface area contributed by atoms with Gasteiger partial charge >= 0.3 is 0 Å². The molecule has 1 rings (SSSR count). The van der Waals surface area contributed by atoms with Gasteiger partial charge in [-0.1, -0.05) is 0 Å². The van der Waals surface area contributed by atoms with Gasteiger partial charge in [0.15, 0.2) is 5.96 Å². The first-order valence-electron chi connectivity index (χ1n) is 8.89. The maximum Gasteiger partial charge on any atom is 0.220 e. The number of thioether (sulfide) groups is 1. The molecule has 0 saturated carbocycles. The van der Waals surface area contributed by atoms with Crippen molar-refractivity contribution in [1.29, 1.82) is 0 Å². The summed E-state index contributed by atoms with van der Waals surface area (Å²) in [5.74, 6) is 0.824. The molecule has 0 aromatic carbocycles. The summed E-state index contributed by atoms with van der Waals surface area (Å²) in [5.41, 5.74) is 5.37. The third kappa shape index (κ3) is 10.5. The van der Waals surface area contributed by atoms with Crippen molar-refractivity contribution in [2.24, 2.45) is 16.6 Å². The molecule has 1 amide bonds. The topological polar surface area (TPSA) is 82.8 Å². The molecule has 0 unspecified atom stereocenters. The number of hydrogen-bond acceptors (Lipinski definition) is 4. The summed E-state index contributed by atoms with van der Waals surface area (Å²) < 4.78 is 0.203. The average molecular weight is 485 g/mol. The Hall–Kier alpha value is -0.220. The molecule has 8 heteroatoms. The van der Waals surface area contributed by atoms with Crippen molar-refractivity contribution in [3.8, 4) is 0 Å². The second kappa shape index (κ2) is 13.0. The Labute approximate surface area is 174 Å². The molecule has 4 N–H and O–H groups in total. The summed E-state index contributed by atoms with van der Waals surface area (Å²) in [6.45, 7) is 9.35. The molecule has 6 nitrogen and oxygen atoms in total.